The lowest BCUT2D eigenvalue weighted by Crippen LogP contribution is -2.58. The Balaban J connectivity index is 1.16. The predicted octanol–water partition coefficient (Wildman–Crippen LogP) is 7.28. The molecule has 3 aromatic rings. The molecule has 3 fully saturated rings. The van der Waals surface area contributed by atoms with Gasteiger partial charge in [-0.1, -0.05) is 32.9 Å². The van der Waals surface area contributed by atoms with Crippen LogP contribution in [-0.2, 0) is 4.79 Å². The molecule has 4 aliphatic rings. The Kier molecular flexibility index (Phi) is 7.40. The van der Waals surface area contributed by atoms with E-state index in [9.17, 15) is 10.1 Å². The van der Waals surface area contributed by atoms with E-state index in [1.807, 2.05) is 22.7 Å². The standard InChI is InChI=1S/C35H43N7O/c1-23(2)38-28-19-25(30-9-7-26-18-24(21-36)22-37-42(26)30)6-8-27(28)29-20-31(41-40-29)34-12-15-35(16-13-34,17-14-34)39-32(43)10-11-33(3,4)5/h6-9,18-19,22-23,38H,10-17,20H2,1-5H3,(H,39,43). The number of amides is 1. The SMILES string of the molecule is CC(C)Nc1cc(-c2ccc3cc(C#N)cnn23)ccc1C1=NN=C(C23CCC(NC(=O)CCC(C)(C)C)(CC2)CC3)C1. The fourth-order valence-electron chi connectivity index (χ4n) is 7.11. The molecule has 1 aliphatic heterocycles. The highest BCUT2D eigenvalue weighted by Gasteiger charge is 2.52. The van der Waals surface area contributed by atoms with Crippen LogP contribution >= 0.6 is 0 Å². The van der Waals surface area contributed by atoms with E-state index < -0.39 is 0 Å². The van der Waals surface area contributed by atoms with E-state index in [4.69, 9.17) is 10.2 Å². The fourth-order valence-corrected chi connectivity index (χ4v) is 7.11. The summed E-state index contributed by atoms with van der Waals surface area (Å²) in [4.78, 5) is 12.8. The van der Waals surface area contributed by atoms with Crippen molar-refractivity contribution in [2.24, 2.45) is 21.0 Å². The highest BCUT2D eigenvalue weighted by atomic mass is 16.1. The van der Waals surface area contributed by atoms with Crippen LogP contribution in [0.25, 0.3) is 16.8 Å². The molecule has 2 bridgehead atoms. The fraction of sp³-hybridized carbons (Fsp3) is 0.514. The normalized spacial score (nSPS) is 23.3. The predicted molar refractivity (Wildman–Crippen MR) is 172 cm³/mol. The van der Waals surface area contributed by atoms with Crippen molar-refractivity contribution < 1.29 is 4.79 Å². The number of carbonyl (C=O) groups excluding carboxylic acids is 1. The van der Waals surface area contributed by atoms with E-state index in [1.54, 1.807) is 6.20 Å². The molecule has 3 aliphatic carbocycles. The molecule has 1 aromatic carbocycles. The maximum Gasteiger partial charge on any atom is 0.220 e. The van der Waals surface area contributed by atoms with Gasteiger partial charge in [0.25, 0.3) is 0 Å². The van der Waals surface area contributed by atoms with Gasteiger partial charge in [-0.05, 0) is 88.5 Å². The Hall–Kier alpha value is -3.99. The molecular weight excluding hydrogens is 534 g/mol. The number of nitriles is 1. The van der Waals surface area contributed by atoms with Crippen LogP contribution in [0.15, 0.2) is 52.8 Å². The highest BCUT2D eigenvalue weighted by Crippen LogP contribution is 2.54. The van der Waals surface area contributed by atoms with Crippen molar-refractivity contribution >= 4 is 28.5 Å². The monoisotopic (exact) mass is 577 g/mol. The number of aromatic nitrogens is 2. The first-order valence-corrected chi connectivity index (χ1v) is 15.7. The number of fused-ring (bicyclic) bond motifs is 4. The number of rotatable bonds is 8. The van der Waals surface area contributed by atoms with Crippen LogP contribution in [0.4, 0.5) is 5.69 Å². The molecule has 1 amide bonds. The molecule has 8 nitrogen and oxygen atoms in total. The molecule has 8 heteroatoms. The third-order valence-electron chi connectivity index (χ3n) is 9.69. The largest absolute Gasteiger partial charge is 0.382 e. The van der Waals surface area contributed by atoms with Crippen molar-refractivity contribution in [2.45, 2.75) is 104 Å². The zero-order chi connectivity index (χ0) is 30.4. The number of hydrogen-bond donors (Lipinski definition) is 2. The number of carbonyl (C=O) groups is 1. The van der Waals surface area contributed by atoms with Gasteiger partial charge in [0.05, 0.1) is 34.4 Å². The third kappa shape index (κ3) is 5.82. The van der Waals surface area contributed by atoms with E-state index in [1.165, 1.54) is 5.71 Å². The van der Waals surface area contributed by atoms with Gasteiger partial charge in [0.2, 0.25) is 5.91 Å². The Morgan fingerprint density at radius 2 is 1.79 bits per heavy atom. The van der Waals surface area contributed by atoms with Crippen LogP contribution in [0.2, 0.25) is 0 Å². The minimum Gasteiger partial charge on any atom is -0.382 e. The summed E-state index contributed by atoms with van der Waals surface area (Å²) >= 11 is 0. The van der Waals surface area contributed by atoms with Crippen LogP contribution in [-0.4, -0.2) is 38.5 Å². The Morgan fingerprint density at radius 3 is 2.47 bits per heavy atom. The summed E-state index contributed by atoms with van der Waals surface area (Å²) in [6.45, 7) is 10.9. The Labute approximate surface area is 254 Å². The topological polar surface area (TPSA) is 107 Å². The first-order chi connectivity index (χ1) is 20.5. The van der Waals surface area contributed by atoms with Crippen molar-refractivity contribution in [3.8, 4) is 17.3 Å². The summed E-state index contributed by atoms with van der Waals surface area (Å²) in [6, 6.07) is 14.8. The summed E-state index contributed by atoms with van der Waals surface area (Å²) < 4.78 is 1.88. The number of nitrogens with zero attached hydrogens (tertiary/aromatic N) is 5. The number of benzene rings is 1. The maximum atomic E-state index is 12.8. The quantitative estimate of drug-likeness (QED) is 0.293. The van der Waals surface area contributed by atoms with Gasteiger partial charge in [-0.3, -0.25) is 4.79 Å². The van der Waals surface area contributed by atoms with Crippen LogP contribution < -0.4 is 10.6 Å². The van der Waals surface area contributed by atoms with Gasteiger partial charge in [0.15, 0.2) is 0 Å². The van der Waals surface area contributed by atoms with Crippen molar-refractivity contribution in [1.82, 2.24) is 14.9 Å². The zero-order valence-electron chi connectivity index (χ0n) is 26.1. The minimum atomic E-state index is -0.0439. The van der Waals surface area contributed by atoms with Crippen molar-refractivity contribution in [3.63, 3.8) is 0 Å². The van der Waals surface area contributed by atoms with E-state index in [0.29, 0.717) is 12.0 Å². The van der Waals surface area contributed by atoms with Crippen molar-refractivity contribution in [2.75, 3.05) is 5.32 Å². The number of nitrogens with one attached hydrogen (secondary N) is 2. The van der Waals surface area contributed by atoms with Gasteiger partial charge in [0, 0.05) is 46.7 Å². The van der Waals surface area contributed by atoms with Crippen molar-refractivity contribution in [3.05, 3.63) is 53.7 Å². The van der Waals surface area contributed by atoms with Gasteiger partial charge in [-0.15, -0.1) is 0 Å². The molecule has 2 aromatic heterocycles. The first kappa shape index (κ1) is 29.1. The maximum absolute atomic E-state index is 12.8. The van der Waals surface area contributed by atoms with Gasteiger partial charge in [-0.2, -0.15) is 20.6 Å². The molecule has 3 saturated carbocycles. The van der Waals surface area contributed by atoms with Gasteiger partial charge in [0.1, 0.15) is 6.07 Å². The molecule has 0 atom stereocenters. The van der Waals surface area contributed by atoms with Crippen LogP contribution in [0.1, 0.15) is 104 Å². The molecule has 0 unspecified atom stereocenters. The summed E-state index contributed by atoms with van der Waals surface area (Å²) in [5.41, 5.74) is 8.01. The van der Waals surface area contributed by atoms with Gasteiger partial charge < -0.3 is 10.6 Å². The van der Waals surface area contributed by atoms with E-state index in [0.717, 1.165) is 85.1 Å². The zero-order valence-corrected chi connectivity index (χ0v) is 26.1. The van der Waals surface area contributed by atoms with Crippen molar-refractivity contribution in [1.29, 1.82) is 5.26 Å². The lowest BCUT2D eigenvalue weighted by Gasteiger charge is -2.53. The van der Waals surface area contributed by atoms with E-state index in [2.05, 4.69) is 74.6 Å². The van der Waals surface area contributed by atoms with Crippen LogP contribution in [0.3, 0.4) is 0 Å². The van der Waals surface area contributed by atoms with Gasteiger partial charge in [-0.25, -0.2) is 4.52 Å². The lowest BCUT2D eigenvalue weighted by molar-refractivity contribution is -0.125. The van der Waals surface area contributed by atoms with Crippen LogP contribution in [0.5, 0.6) is 0 Å². The summed E-state index contributed by atoms with van der Waals surface area (Å²) in [5, 5.41) is 30.4. The molecule has 3 heterocycles. The summed E-state index contributed by atoms with van der Waals surface area (Å²) in [5.74, 6) is 0.206. The number of hydrogen-bond acceptors (Lipinski definition) is 6. The Bertz CT molecular complexity index is 1640. The third-order valence-corrected chi connectivity index (χ3v) is 9.69. The summed E-state index contributed by atoms with van der Waals surface area (Å²) in [6.07, 6.45) is 10.1. The molecule has 224 valence electrons. The molecule has 0 spiro atoms. The van der Waals surface area contributed by atoms with Gasteiger partial charge >= 0.3 is 0 Å². The molecule has 43 heavy (non-hydrogen) atoms. The molecular formula is C35H43N7O. The van der Waals surface area contributed by atoms with E-state index in [-0.39, 0.29) is 28.3 Å². The van der Waals surface area contributed by atoms with Crippen LogP contribution in [0, 0.1) is 22.2 Å². The smallest absolute Gasteiger partial charge is 0.220 e. The highest BCUT2D eigenvalue weighted by molar-refractivity contribution is 6.18. The minimum absolute atomic E-state index is 0.0439. The number of anilines is 1. The first-order valence-electron chi connectivity index (χ1n) is 15.7. The molecule has 2 N–H and O–H groups in total. The Morgan fingerprint density at radius 1 is 1.05 bits per heavy atom. The molecule has 7 rings (SSSR count). The lowest BCUT2D eigenvalue weighted by atomic mass is 9.55. The second-order valence-electron chi connectivity index (χ2n) is 14.4. The summed E-state index contributed by atoms with van der Waals surface area (Å²) in [7, 11) is 0. The molecule has 0 saturated heterocycles. The second kappa shape index (κ2) is 10.9. The average molecular weight is 578 g/mol. The molecule has 0 radical (unpaired) electrons. The second-order valence-corrected chi connectivity index (χ2v) is 14.4. The van der Waals surface area contributed by atoms with E-state index >= 15 is 0 Å². The average Bonchev–Trinajstić information content (AvgIpc) is 3.64.